The molecule has 0 saturated carbocycles. The van der Waals surface area contributed by atoms with Gasteiger partial charge in [0.05, 0.1) is 30.4 Å². The number of carboxylic acid groups (broad SMARTS) is 2. The zero-order valence-electron chi connectivity index (χ0n) is 14.8. The molecule has 0 aliphatic carbocycles. The SMILES string of the molecule is CCC(C(C)=O)C(=O)[O-].CCC(C(C)=O)C(=O)[O-].CCCOO.[Ti+2]. The topological polar surface area (TPSA) is 144 Å². The summed E-state index contributed by atoms with van der Waals surface area (Å²) in [6.45, 7) is 8.16. The summed E-state index contributed by atoms with van der Waals surface area (Å²) in [5.41, 5.74) is 0. The first-order valence-electron chi connectivity index (χ1n) is 7.29. The summed E-state index contributed by atoms with van der Waals surface area (Å²) in [5.74, 6) is -5.04. The van der Waals surface area contributed by atoms with E-state index in [4.69, 9.17) is 5.26 Å². The summed E-state index contributed by atoms with van der Waals surface area (Å²) in [6, 6.07) is 0. The van der Waals surface area contributed by atoms with Gasteiger partial charge in [0.2, 0.25) is 0 Å². The summed E-state index contributed by atoms with van der Waals surface area (Å²) in [4.78, 5) is 44.6. The molecule has 2 unspecified atom stereocenters. The van der Waals surface area contributed by atoms with E-state index in [1.807, 2.05) is 6.92 Å². The Hall–Kier alpha value is -1.09. The molecular formula is C15H26O8Ti. The second kappa shape index (κ2) is 20.0. The molecule has 0 aliphatic rings. The summed E-state index contributed by atoms with van der Waals surface area (Å²) in [7, 11) is 0. The number of carbonyl (C=O) groups is 4. The number of rotatable bonds is 8. The standard InChI is InChI=1S/2C6H10O3.C3H8O2.Ti/c2*1-3-5(4(2)7)6(8)9;1-2-3-5-4;/h2*5H,3H2,1-2H3,(H,8,9);4H,2-3H2,1H3;/q;;;+2/p-2. The molecule has 1 N–H and O–H groups in total. The molecule has 0 rings (SSSR count). The van der Waals surface area contributed by atoms with Gasteiger partial charge in [-0.3, -0.25) is 14.8 Å². The molecule has 0 amide bonds. The van der Waals surface area contributed by atoms with Gasteiger partial charge in [-0.2, -0.15) is 0 Å². The van der Waals surface area contributed by atoms with Gasteiger partial charge >= 0.3 is 21.7 Å². The number of hydrogen-bond donors (Lipinski definition) is 1. The fraction of sp³-hybridized carbons (Fsp3) is 0.733. The maximum atomic E-state index is 10.4. The van der Waals surface area contributed by atoms with Crippen molar-refractivity contribution in [3.05, 3.63) is 0 Å². The van der Waals surface area contributed by atoms with Crippen molar-refractivity contribution in [1.82, 2.24) is 0 Å². The van der Waals surface area contributed by atoms with E-state index in [1.165, 1.54) is 13.8 Å². The molecule has 0 fully saturated rings. The Bertz CT molecular complexity index is 308. The Morgan fingerprint density at radius 1 is 0.875 bits per heavy atom. The summed E-state index contributed by atoms with van der Waals surface area (Å²) in [5, 5.41) is 27.6. The largest absolute Gasteiger partial charge is 2.00 e. The monoisotopic (exact) mass is 382 g/mol. The summed E-state index contributed by atoms with van der Waals surface area (Å²) < 4.78 is 0. The van der Waals surface area contributed by atoms with Gasteiger partial charge in [0.15, 0.2) is 0 Å². The third-order valence-corrected chi connectivity index (χ3v) is 2.66. The van der Waals surface area contributed by atoms with Crippen LogP contribution in [0.3, 0.4) is 0 Å². The van der Waals surface area contributed by atoms with Crippen molar-refractivity contribution in [2.75, 3.05) is 6.61 Å². The fourth-order valence-corrected chi connectivity index (χ4v) is 1.33. The maximum Gasteiger partial charge on any atom is 2.00 e. The minimum atomic E-state index is -1.27. The average molecular weight is 382 g/mol. The molecule has 0 radical (unpaired) electrons. The molecule has 0 spiro atoms. The van der Waals surface area contributed by atoms with Crippen molar-refractivity contribution >= 4 is 23.5 Å². The van der Waals surface area contributed by atoms with Crippen LogP contribution >= 0.6 is 0 Å². The Labute approximate surface area is 157 Å². The van der Waals surface area contributed by atoms with E-state index >= 15 is 0 Å². The van der Waals surface area contributed by atoms with Gasteiger partial charge in [-0.25, -0.2) is 4.89 Å². The predicted molar refractivity (Wildman–Crippen MR) is 77.8 cm³/mol. The van der Waals surface area contributed by atoms with Gasteiger partial charge in [-0.15, -0.1) is 0 Å². The molecule has 9 heteroatoms. The van der Waals surface area contributed by atoms with E-state index in [0.29, 0.717) is 19.4 Å². The van der Waals surface area contributed by atoms with E-state index in [1.54, 1.807) is 13.8 Å². The molecule has 0 heterocycles. The minimum absolute atomic E-state index is 0. The number of Topliss-reactive ketones (excluding diaryl/α,β-unsaturated/α-hetero) is 2. The van der Waals surface area contributed by atoms with Crippen molar-refractivity contribution in [2.24, 2.45) is 11.8 Å². The number of hydrogen-bond acceptors (Lipinski definition) is 8. The minimum Gasteiger partial charge on any atom is -0.549 e. The number of ketones is 2. The van der Waals surface area contributed by atoms with Crippen LogP contribution < -0.4 is 10.2 Å². The molecule has 24 heavy (non-hydrogen) atoms. The molecular weight excluding hydrogens is 356 g/mol. The van der Waals surface area contributed by atoms with Crippen LogP contribution in [-0.2, 0) is 45.8 Å². The van der Waals surface area contributed by atoms with E-state index in [9.17, 15) is 29.4 Å². The van der Waals surface area contributed by atoms with E-state index in [0.717, 1.165) is 6.42 Å². The molecule has 0 saturated heterocycles. The van der Waals surface area contributed by atoms with Gasteiger partial charge in [-0.1, -0.05) is 20.8 Å². The van der Waals surface area contributed by atoms with Crippen LogP contribution in [0, 0.1) is 11.8 Å². The van der Waals surface area contributed by atoms with Crippen LogP contribution in [0.1, 0.15) is 53.9 Å². The van der Waals surface area contributed by atoms with E-state index in [2.05, 4.69) is 4.89 Å². The Morgan fingerprint density at radius 3 is 1.17 bits per heavy atom. The van der Waals surface area contributed by atoms with E-state index < -0.39 is 23.8 Å². The first-order chi connectivity index (χ1) is 10.6. The molecule has 138 valence electrons. The zero-order chi connectivity index (χ0) is 19.0. The molecule has 8 nitrogen and oxygen atoms in total. The van der Waals surface area contributed by atoms with Crippen molar-refractivity contribution in [2.45, 2.75) is 53.9 Å². The second-order valence-electron chi connectivity index (χ2n) is 4.61. The van der Waals surface area contributed by atoms with Crippen molar-refractivity contribution < 1.29 is 61.3 Å². The van der Waals surface area contributed by atoms with Crippen LogP contribution in [-0.4, -0.2) is 35.4 Å². The van der Waals surface area contributed by atoms with Crippen LogP contribution in [0.25, 0.3) is 0 Å². The van der Waals surface area contributed by atoms with Crippen LogP contribution in [0.4, 0.5) is 0 Å². The second-order valence-corrected chi connectivity index (χ2v) is 4.61. The van der Waals surface area contributed by atoms with Crippen LogP contribution in [0.2, 0.25) is 0 Å². The van der Waals surface area contributed by atoms with Crippen LogP contribution in [0.5, 0.6) is 0 Å². The van der Waals surface area contributed by atoms with Gasteiger partial charge in [-0.05, 0) is 33.1 Å². The fourth-order valence-electron chi connectivity index (χ4n) is 1.33. The molecule has 0 aromatic rings. The predicted octanol–water partition coefficient (Wildman–Crippen LogP) is -0.413. The van der Waals surface area contributed by atoms with E-state index in [-0.39, 0.29) is 33.3 Å². The maximum absolute atomic E-state index is 10.4. The number of aliphatic carboxylic acids is 2. The summed E-state index contributed by atoms with van der Waals surface area (Å²) in [6.07, 6.45) is 1.51. The third-order valence-electron chi connectivity index (χ3n) is 2.66. The Balaban J connectivity index is -0.000000128. The normalized spacial score (nSPS) is 11.2. The first-order valence-corrected chi connectivity index (χ1v) is 7.29. The van der Waals surface area contributed by atoms with Crippen molar-refractivity contribution in [1.29, 1.82) is 0 Å². The van der Waals surface area contributed by atoms with Crippen LogP contribution in [0.15, 0.2) is 0 Å². The molecule has 0 bridgehead atoms. The Kier molecular flexibility index (Phi) is 25.6. The molecule has 0 aliphatic heterocycles. The zero-order valence-corrected chi connectivity index (χ0v) is 16.3. The number of carbonyl (C=O) groups excluding carboxylic acids is 4. The molecule has 2 atom stereocenters. The number of carboxylic acids is 2. The quantitative estimate of drug-likeness (QED) is 0.258. The van der Waals surface area contributed by atoms with Gasteiger partial charge in [0.1, 0.15) is 11.6 Å². The van der Waals surface area contributed by atoms with Crippen molar-refractivity contribution in [3.8, 4) is 0 Å². The molecule has 0 aromatic heterocycles. The van der Waals surface area contributed by atoms with Gasteiger partial charge in [0.25, 0.3) is 0 Å². The average Bonchev–Trinajstić information content (AvgIpc) is 2.40. The molecule has 0 aromatic carbocycles. The third kappa shape index (κ3) is 19.0. The smallest absolute Gasteiger partial charge is 0.549 e. The summed E-state index contributed by atoms with van der Waals surface area (Å²) >= 11 is 0. The Morgan fingerprint density at radius 2 is 1.17 bits per heavy atom. The first kappa shape index (κ1) is 30.8. The van der Waals surface area contributed by atoms with Gasteiger partial charge < -0.3 is 19.8 Å². The van der Waals surface area contributed by atoms with Gasteiger partial charge in [0, 0.05) is 0 Å². The van der Waals surface area contributed by atoms with Crippen molar-refractivity contribution in [3.63, 3.8) is 0 Å².